The highest BCUT2D eigenvalue weighted by Gasteiger charge is 2.32. The van der Waals surface area contributed by atoms with E-state index in [4.69, 9.17) is 0 Å². The zero-order valence-corrected chi connectivity index (χ0v) is 12.3. The van der Waals surface area contributed by atoms with Gasteiger partial charge in [0.25, 0.3) is 5.69 Å². The van der Waals surface area contributed by atoms with Gasteiger partial charge in [-0.2, -0.15) is 11.8 Å². The minimum Gasteiger partial charge on any atom is -0.383 e. The van der Waals surface area contributed by atoms with Crippen LogP contribution in [0.1, 0.15) is 31.2 Å². The summed E-state index contributed by atoms with van der Waals surface area (Å²) < 4.78 is 0.341. The number of nitrogens with zero attached hydrogens (tertiary/aromatic N) is 1. The Labute approximate surface area is 118 Å². The summed E-state index contributed by atoms with van der Waals surface area (Å²) in [7, 11) is 0. The van der Waals surface area contributed by atoms with E-state index in [1.165, 1.54) is 25.7 Å². The van der Waals surface area contributed by atoms with Crippen LogP contribution in [0.2, 0.25) is 0 Å². The van der Waals surface area contributed by atoms with E-state index < -0.39 is 0 Å². The van der Waals surface area contributed by atoms with Crippen LogP contribution in [0.4, 0.5) is 11.4 Å². The number of rotatable bonds is 5. The predicted molar refractivity (Wildman–Crippen MR) is 81.0 cm³/mol. The molecule has 0 atom stereocenters. The molecular formula is C14H20N2O2S. The maximum Gasteiger partial charge on any atom is 0.269 e. The van der Waals surface area contributed by atoms with Crippen molar-refractivity contribution in [2.24, 2.45) is 0 Å². The lowest BCUT2D eigenvalue weighted by molar-refractivity contribution is -0.384. The lowest BCUT2D eigenvalue weighted by atomic mass is 10.1. The lowest BCUT2D eigenvalue weighted by Gasteiger charge is -2.27. The number of nitrogens with one attached hydrogen (secondary N) is 1. The van der Waals surface area contributed by atoms with E-state index in [0.717, 1.165) is 17.8 Å². The number of anilines is 1. The first kappa shape index (κ1) is 14.2. The second kappa shape index (κ2) is 5.82. The molecular weight excluding hydrogens is 260 g/mol. The zero-order valence-electron chi connectivity index (χ0n) is 11.4. The van der Waals surface area contributed by atoms with E-state index >= 15 is 0 Å². The predicted octanol–water partition coefficient (Wildman–Crippen LogP) is 3.99. The average molecular weight is 280 g/mol. The Morgan fingerprint density at radius 2 is 2.11 bits per heavy atom. The van der Waals surface area contributed by atoms with Crippen molar-refractivity contribution in [3.05, 3.63) is 33.9 Å². The van der Waals surface area contributed by atoms with Gasteiger partial charge in [-0.3, -0.25) is 10.1 Å². The highest BCUT2D eigenvalue weighted by Crippen LogP contribution is 2.40. The van der Waals surface area contributed by atoms with Gasteiger partial charge in [0.05, 0.1) is 4.92 Å². The molecule has 0 aliphatic heterocycles. The van der Waals surface area contributed by atoms with Crippen LogP contribution < -0.4 is 5.32 Å². The number of aryl methyl sites for hydroxylation is 1. The molecule has 104 valence electrons. The summed E-state index contributed by atoms with van der Waals surface area (Å²) in [6.07, 6.45) is 7.31. The number of hydrogen-bond donors (Lipinski definition) is 1. The number of hydrogen-bond acceptors (Lipinski definition) is 4. The first-order valence-corrected chi connectivity index (χ1v) is 7.83. The van der Waals surface area contributed by atoms with Crippen LogP contribution >= 0.6 is 11.8 Å². The fraction of sp³-hybridized carbons (Fsp3) is 0.571. The average Bonchev–Trinajstić information content (AvgIpc) is 2.86. The van der Waals surface area contributed by atoms with Gasteiger partial charge in [0.15, 0.2) is 0 Å². The summed E-state index contributed by atoms with van der Waals surface area (Å²) in [6, 6.07) is 5.01. The maximum atomic E-state index is 10.7. The molecule has 1 aliphatic rings. The van der Waals surface area contributed by atoms with Crippen LogP contribution in [0.25, 0.3) is 0 Å². The van der Waals surface area contributed by atoms with Gasteiger partial charge in [-0.1, -0.05) is 12.8 Å². The summed E-state index contributed by atoms with van der Waals surface area (Å²) in [4.78, 5) is 10.4. The molecule has 0 saturated heterocycles. The molecule has 1 N–H and O–H groups in total. The smallest absolute Gasteiger partial charge is 0.269 e. The molecule has 19 heavy (non-hydrogen) atoms. The fourth-order valence-corrected chi connectivity index (χ4v) is 3.60. The monoisotopic (exact) mass is 280 g/mol. The van der Waals surface area contributed by atoms with Crippen molar-refractivity contribution in [3.63, 3.8) is 0 Å². The Kier molecular flexibility index (Phi) is 4.34. The molecule has 0 aromatic heterocycles. The molecule has 1 aliphatic carbocycles. The number of nitro benzene ring substituents is 1. The molecule has 0 radical (unpaired) electrons. The lowest BCUT2D eigenvalue weighted by Crippen LogP contribution is -2.30. The SMILES string of the molecule is CSC1(CNc2ccc([N+](=O)[O-])cc2C)CCCC1. The summed E-state index contributed by atoms with van der Waals surface area (Å²) in [5.74, 6) is 0. The largest absolute Gasteiger partial charge is 0.383 e. The van der Waals surface area contributed by atoms with Crippen LogP contribution in [0.3, 0.4) is 0 Å². The van der Waals surface area contributed by atoms with Gasteiger partial charge in [-0.15, -0.1) is 0 Å². The van der Waals surface area contributed by atoms with Crippen LogP contribution in [-0.4, -0.2) is 22.5 Å². The van der Waals surface area contributed by atoms with Gasteiger partial charge in [-0.05, 0) is 37.7 Å². The molecule has 1 fully saturated rings. The molecule has 0 spiro atoms. The third-order valence-corrected chi connectivity index (χ3v) is 5.39. The van der Waals surface area contributed by atoms with Gasteiger partial charge in [0.1, 0.15) is 0 Å². The van der Waals surface area contributed by atoms with E-state index in [2.05, 4.69) is 11.6 Å². The second-order valence-corrected chi connectivity index (χ2v) is 6.48. The Hall–Kier alpha value is -1.23. The highest BCUT2D eigenvalue weighted by atomic mass is 32.2. The minimum absolute atomic E-state index is 0.156. The van der Waals surface area contributed by atoms with Crippen molar-refractivity contribution in [2.45, 2.75) is 37.4 Å². The van der Waals surface area contributed by atoms with Crippen LogP contribution in [-0.2, 0) is 0 Å². The molecule has 1 saturated carbocycles. The molecule has 0 bridgehead atoms. The second-order valence-electron chi connectivity index (χ2n) is 5.20. The number of thioether (sulfide) groups is 1. The standard InChI is InChI=1S/C14H20N2O2S/c1-11-9-12(16(17)18)5-6-13(11)15-10-14(19-2)7-3-4-8-14/h5-6,9,15H,3-4,7-8,10H2,1-2H3. The van der Waals surface area contributed by atoms with Gasteiger partial charge < -0.3 is 5.32 Å². The topological polar surface area (TPSA) is 55.2 Å². The van der Waals surface area contributed by atoms with Gasteiger partial charge >= 0.3 is 0 Å². The summed E-state index contributed by atoms with van der Waals surface area (Å²) >= 11 is 1.94. The number of benzene rings is 1. The summed E-state index contributed by atoms with van der Waals surface area (Å²) in [5.41, 5.74) is 2.10. The van der Waals surface area contributed by atoms with Crippen LogP contribution in [0.5, 0.6) is 0 Å². The fourth-order valence-electron chi connectivity index (χ4n) is 2.69. The number of nitro groups is 1. The van der Waals surface area contributed by atoms with Crippen molar-refractivity contribution >= 4 is 23.1 Å². The van der Waals surface area contributed by atoms with Gasteiger partial charge in [0, 0.05) is 29.1 Å². The van der Waals surface area contributed by atoms with Crippen LogP contribution in [0, 0.1) is 17.0 Å². The zero-order chi connectivity index (χ0) is 13.9. The first-order chi connectivity index (χ1) is 9.06. The molecule has 2 rings (SSSR count). The summed E-state index contributed by atoms with van der Waals surface area (Å²) in [6.45, 7) is 2.85. The van der Waals surface area contributed by atoms with E-state index in [1.807, 2.05) is 24.8 Å². The Bertz CT molecular complexity index is 471. The minimum atomic E-state index is -0.350. The molecule has 0 amide bonds. The molecule has 1 aromatic rings. The van der Waals surface area contributed by atoms with Crippen molar-refractivity contribution in [1.29, 1.82) is 0 Å². The third kappa shape index (κ3) is 3.21. The Morgan fingerprint density at radius 1 is 1.42 bits per heavy atom. The van der Waals surface area contributed by atoms with Crippen molar-refractivity contribution in [3.8, 4) is 0 Å². The molecule has 0 heterocycles. The van der Waals surface area contributed by atoms with Crippen LogP contribution in [0.15, 0.2) is 18.2 Å². The van der Waals surface area contributed by atoms with E-state index in [9.17, 15) is 10.1 Å². The van der Waals surface area contributed by atoms with Crippen molar-refractivity contribution in [2.75, 3.05) is 18.1 Å². The van der Waals surface area contributed by atoms with Gasteiger partial charge in [0.2, 0.25) is 0 Å². The number of non-ortho nitro benzene ring substituents is 1. The van der Waals surface area contributed by atoms with E-state index in [1.54, 1.807) is 12.1 Å². The normalized spacial score (nSPS) is 17.4. The summed E-state index contributed by atoms with van der Waals surface area (Å²) in [5, 5.41) is 14.2. The molecule has 1 aromatic carbocycles. The third-order valence-electron chi connectivity index (χ3n) is 3.97. The Morgan fingerprint density at radius 3 is 2.63 bits per heavy atom. The molecule has 4 nitrogen and oxygen atoms in total. The van der Waals surface area contributed by atoms with E-state index in [-0.39, 0.29) is 10.6 Å². The Balaban J connectivity index is 2.05. The quantitative estimate of drug-likeness (QED) is 0.654. The maximum absolute atomic E-state index is 10.7. The van der Waals surface area contributed by atoms with Crippen molar-refractivity contribution in [1.82, 2.24) is 0 Å². The highest BCUT2D eigenvalue weighted by molar-refractivity contribution is 8.00. The van der Waals surface area contributed by atoms with Gasteiger partial charge in [-0.25, -0.2) is 0 Å². The van der Waals surface area contributed by atoms with Crippen molar-refractivity contribution < 1.29 is 4.92 Å². The van der Waals surface area contributed by atoms with E-state index in [0.29, 0.717) is 4.75 Å². The molecule has 5 heteroatoms. The first-order valence-electron chi connectivity index (χ1n) is 6.60. The molecule has 0 unspecified atom stereocenters.